The Labute approximate surface area is 96.5 Å². The minimum atomic E-state index is -3.08. The van der Waals surface area contributed by atoms with Crippen LogP contribution in [0.25, 0.3) is 0 Å². The average molecular weight is 248 g/mol. The van der Waals surface area contributed by atoms with Gasteiger partial charge in [0, 0.05) is 0 Å². The summed E-state index contributed by atoms with van der Waals surface area (Å²) in [6.07, 6.45) is 0.366. The van der Waals surface area contributed by atoms with Crippen LogP contribution >= 0.6 is 10.6 Å². The molecule has 0 bridgehead atoms. The van der Waals surface area contributed by atoms with Gasteiger partial charge in [0.1, 0.15) is 11.7 Å². The van der Waals surface area contributed by atoms with E-state index in [-0.39, 0.29) is 23.9 Å². The molecule has 2 unspecified atom stereocenters. The molecule has 1 heterocycles. The second-order valence-corrected chi connectivity index (χ2v) is 6.23. The van der Waals surface area contributed by atoms with E-state index in [0.717, 1.165) is 0 Å². The van der Waals surface area contributed by atoms with Gasteiger partial charge >= 0.3 is 5.97 Å². The summed E-state index contributed by atoms with van der Waals surface area (Å²) in [6.45, 7) is 3.15. The number of ether oxygens (including phenoxy) is 1. The summed E-state index contributed by atoms with van der Waals surface area (Å²) in [5.74, 6) is -2.28. The van der Waals surface area contributed by atoms with E-state index < -0.39 is 28.4 Å². The Morgan fingerprint density at radius 3 is 2.50 bits per heavy atom. The van der Waals surface area contributed by atoms with Crippen molar-refractivity contribution >= 4 is 22.3 Å². The molecule has 1 saturated heterocycles. The van der Waals surface area contributed by atoms with E-state index in [0.29, 0.717) is 6.42 Å². The van der Waals surface area contributed by atoms with Crippen molar-refractivity contribution in [1.82, 2.24) is 0 Å². The molecule has 0 aromatic rings. The predicted octanol–water partition coefficient (Wildman–Crippen LogP) is 0.840. The van der Waals surface area contributed by atoms with Crippen molar-refractivity contribution in [2.45, 2.75) is 20.3 Å². The molecule has 1 aliphatic rings. The van der Waals surface area contributed by atoms with Gasteiger partial charge in [-0.1, -0.05) is 0 Å². The second kappa shape index (κ2) is 5.16. The van der Waals surface area contributed by atoms with E-state index in [2.05, 4.69) is 0 Å². The number of hydrogen-bond acceptors (Lipinski definition) is 5. The molecule has 0 N–H and O–H groups in total. The van der Waals surface area contributed by atoms with E-state index >= 15 is 0 Å². The lowest BCUT2D eigenvalue weighted by Gasteiger charge is -2.57. The molecule has 5 nitrogen and oxygen atoms in total. The van der Waals surface area contributed by atoms with Crippen LogP contribution in [0.15, 0.2) is 0 Å². The van der Waals surface area contributed by atoms with Gasteiger partial charge in [-0.25, -0.2) is 0 Å². The maximum absolute atomic E-state index is 11.5. The first-order valence-corrected chi connectivity index (χ1v) is 7.07. The van der Waals surface area contributed by atoms with Crippen LogP contribution in [0.4, 0.5) is 0 Å². The molecular weight excluding hydrogens is 232 g/mol. The number of rotatable bonds is 4. The number of esters is 1. The van der Waals surface area contributed by atoms with Crippen molar-refractivity contribution in [3.63, 3.8) is 0 Å². The normalized spacial score (nSPS) is 27.1. The second-order valence-electron chi connectivity index (χ2n) is 4.00. The van der Waals surface area contributed by atoms with E-state index in [1.54, 1.807) is 6.92 Å². The Morgan fingerprint density at radius 2 is 2.12 bits per heavy atom. The Hall–Kier alpha value is -0.590. The standard InChI is InChI=1S/C10H18O5S/c1-3-15-10(12)9(7(2)11)8-4-5-16(13,14)6-8/h8-9,13-14H,3-6H2,1-2H3/p-2. The van der Waals surface area contributed by atoms with E-state index in [9.17, 15) is 18.7 Å². The minimum Gasteiger partial charge on any atom is -0.800 e. The topological polar surface area (TPSA) is 89.5 Å². The number of Topliss-reactive ketones (excluding diaryl/α,β-unsaturated/α-hetero) is 1. The molecule has 0 saturated carbocycles. The molecular formula is C10H16O5S-2. The molecule has 0 aromatic carbocycles. The lowest BCUT2D eigenvalue weighted by molar-refractivity contribution is -0.153. The summed E-state index contributed by atoms with van der Waals surface area (Å²) < 4.78 is 27.4. The lowest BCUT2D eigenvalue weighted by atomic mass is 9.89. The highest BCUT2D eigenvalue weighted by Crippen LogP contribution is 2.50. The third-order valence-corrected chi connectivity index (χ3v) is 4.51. The zero-order chi connectivity index (χ0) is 12.3. The molecule has 1 rings (SSSR count). The van der Waals surface area contributed by atoms with E-state index in [1.165, 1.54) is 6.92 Å². The van der Waals surface area contributed by atoms with E-state index in [1.807, 2.05) is 0 Å². The molecule has 94 valence electrons. The maximum atomic E-state index is 11.5. The third kappa shape index (κ3) is 3.20. The highest BCUT2D eigenvalue weighted by Gasteiger charge is 2.36. The van der Waals surface area contributed by atoms with Crippen molar-refractivity contribution in [3.8, 4) is 0 Å². The lowest BCUT2D eigenvalue weighted by Crippen LogP contribution is -2.32. The van der Waals surface area contributed by atoms with Crippen LogP contribution in [-0.2, 0) is 14.3 Å². The van der Waals surface area contributed by atoms with Crippen molar-refractivity contribution in [1.29, 1.82) is 0 Å². The van der Waals surface area contributed by atoms with Gasteiger partial charge in [0.15, 0.2) is 0 Å². The highest BCUT2D eigenvalue weighted by molar-refractivity contribution is 8.24. The van der Waals surface area contributed by atoms with Crippen molar-refractivity contribution in [3.05, 3.63) is 0 Å². The smallest absolute Gasteiger partial charge is 0.316 e. The van der Waals surface area contributed by atoms with Gasteiger partial charge in [-0.15, -0.1) is 0 Å². The SMILES string of the molecule is CCOC(=O)C(C(C)=O)C1CCS([O-])([O-])C1. The summed E-state index contributed by atoms with van der Waals surface area (Å²) >= 11 is 0. The quantitative estimate of drug-likeness (QED) is 0.543. The predicted molar refractivity (Wildman–Crippen MR) is 57.8 cm³/mol. The van der Waals surface area contributed by atoms with Gasteiger partial charge in [-0.3, -0.25) is 9.59 Å². The monoisotopic (exact) mass is 248 g/mol. The molecule has 0 amide bonds. The Balaban J connectivity index is 2.72. The number of sulfone groups is 1. The van der Waals surface area contributed by atoms with Gasteiger partial charge < -0.3 is 24.4 Å². The molecule has 6 heteroatoms. The Morgan fingerprint density at radius 1 is 1.50 bits per heavy atom. The molecule has 0 aromatic heterocycles. The van der Waals surface area contributed by atoms with Crippen LogP contribution in [0.3, 0.4) is 0 Å². The molecule has 0 aliphatic carbocycles. The zero-order valence-electron chi connectivity index (χ0n) is 9.43. The molecule has 1 aliphatic heterocycles. The summed E-state index contributed by atoms with van der Waals surface area (Å²) in [5, 5.41) is 0. The van der Waals surface area contributed by atoms with Crippen molar-refractivity contribution in [2.24, 2.45) is 11.8 Å². The van der Waals surface area contributed by atoms with Crippen LogP contribution in [0.5, 0.6) is 0 Å². The van der Waals surface area contributed by atoms with Crippen LogP contribution in [-0.4, -0.2) is 39.0 Å². The number of carbonyl (C=O) groups is 2. The van der Waals surface area contributed by atoms with Crippen LogP contribution < -0.4 is 0 Å². The van der Waals surface area contributed by atoms with Crippen LogP contribution in [0.1, 0.15) is 20.3 Å². The van der Waals surface area contributed by atoms with Crippen LogP contribution in [0, 0.1) is 11.8 Å². The fourth-order valence-corrected chi connectivity index (χ4v) is 3.85. The molecule has 1 fully saturated rings. The molecule has 2 atom stereocenters. The van der Waals surface area contributed by atoms with Gasteiger partial charge in [-0.2, -0.15) is 0 Å². The summed E-state index contributed by atoms with van der Waals surface area (Å²) in [5.41, 5.74) is 0. The largest absolute Gasteiger partial charge is 0.800 e. The number of hydrogen-bond donors (Lipinski definition) is 0. The first kappa shape index (κ1) is 13.5. The molecule has 16 heavy (non-hydrogen) atoms. The highest BCUT2D eigenvalue weighted by atomic mass is 32.3. The fraction of sp³-hybridized carbons (Fsp3) is 0.800. The zero-order valence-corrected chi connectivity index (χ0v) is 10.2. The average Bonchev–Trinajstić information content (AvgIpc) is 2.46. The first-order valence-electron chi connectivity index (χ1n) is 5.25. The Kier molecular flexibility index (Phi) is 4.35. The molecule has 0 spiro atoms. The third-order valence-electron chi connectivity index (χ3n) is 2.72. The van der Waals surface area contributed by atoms with Crippen LogP contribution in [0.2, 0.25) is 0 Å². The van der Waals surface area contributed by atoms with Crippen molar-refractivity contribution in [2.75, 3.05) is 18.1 Å². The summed E-state index contributed by atoms with van der Waals surface area (Å²) in [4.78, 5) is 22.9. The fourth-order valence-electron chi connectivity index (χ4n) is 2.01. The number of ketones is 1. The summed E-state index contributed by atoms with van der Waals surface area (Å²) in [7, 11) is -3.08. The van der Waals surface area contributed by atoms with Gasteiger partial charge in [0.2, 0.25) is 0 Å². The summed E-state index contributed by atoms with van der Waals surface area (Å²) in [6, 6.07) is 0. The van der Waals surface area contributed by atoms with Gasteiger partial charge in [0.05, 0.1) is 6.61 Å². The number of carbonyl (C=O) groups excluding carboxylic acids is 2. The van der Waals surface area contributed by atoms with Gasteiger partial charge in [0.25, 0.3) is 0 Å². The maximum Gasteiger partial charge on any atom is 0.316 e. The van der Waals surface area contributed by atoms with Gasteiger partial charge in [-0.05, 0) is 37.7 Å². The first-order chi connectivity index (χ1) is 7.37. The minimum absolute atomic E-state index is 0.0564. The van der Waals surface area contributed by atoms with E-state index in [4.69, 9.17) is 4.74 Å². The Bertz CT molecular complexity index is 289. The molecule has 0 radical (unpaired) electrons. The van der Waals surface area contributed by atoms with Crippen molar-refractivity contribution < 1.29 is 23.4 Å².